The van der Waals surface area contributed by atoms with Crippen molar-refractivity contribution in [2.24, 2.45) is 0 Å². The Hall–Kier alpha value is -0.330. The van der Waals surface area contributed by atoms with Gasteiger partial charge in [-0.05, 0) is 73.2 Å². The molecule has 2 rings (SSSR count). The number of carbonyl (C=O) groups is 1. The van der Waals surface area contributed by atoms with Crippen LogP contribution >= 0.6 is 35.0 Å². The fourth-order valence-electron chi connectivity index (χ4n) is 2.09. The standard InChI is InChI=1S/C13H17IN2O.ClH/c1-9-12(3-2-8-15-9)16-13(17)10-4-6-11(14)7-5-10;/h4-7,9,12,15H,2-3,8H2,1H3,(H,16,17);1H. The van der Waals surface area contributed by atoms with Crippen molar-refractivity contribution in [3.8, 4) is 0 Å². The zero-order valence-electron chi connectivity index (χ0n) is 10.3. The van der Waals surface area contributed by atoms with Crippen LogP contribution in [-0.2, 0) is 0 Å². The molecule has 1 aromatic carbocycles. The summed E-state index contributed by atoms with van der Waals surface area (Å²) < 4.78 is 1.15. The molecule has 2 atom stereocenters. The highest BCUT2D eigenvalue weighted by Gasteiger charge is 2.22. The molecule has 5 heteroatoms. The molecule has 0 radical (unpaired) electrons. The highest BCUT2D eigenvalue weighted by Crippen LogP contribution is 2.11. The molecule has 1 amide bonds. The van der Waals surface area contributed by atoms with Gasteiger partial charge in [0.15, 0.2) is 0 Å². The van der Waals surface area contributed by atoms with E-state index in [1.165, 1.54) is 0 Å². The van der Waals surface area contributed by atoms with Crippen LogP contribution in [0.1, 0.15) is 30.1 Å². The van der Waals surface area contributed by atoms with Gasteiger partial charge in [0.1, 0.15) is 0 Å². The summed E-state index contributed by atoms with van der Waals surface area (Å²) in [5, 5.41) is 6.48. The van der Waals surface area contributed by atoms with Crippen LogP contribution < -0.4 is 10.6 Å². The van der Waals surface area contributed by atoms with Crippen molar-refractivity contribution in [2.45, 2.75) is 31.8 Å². The molecule has 1 aromatic rings. The van der Waals surface area contributed by atoms with E-state index < -0.39 is 0 Å². The monoisotopic (exact) mass is 380 g/mol. The molecule has 1 aliphatic rings. The predicted molar refractivity (Wildman–Crippen MR) is 84.4 cm³/mol. The smallest absolute Gasteiger partial charge is 0.251 e. The Labute approximate surface area is 128 Å². The Morgan fingerprint density at radius 1 is 1.39 bits per heavy atom. The largest absolute Gasteiger partial charge is 0.348 e. The second kappa shape index (κ2) is 7.31. The third kappa shape index (κ3) is 4.10. The van der Waals surface area contributed by atoms with Gasteiger partial charge in [-0.25, -0.2) is 0 Å². The lowest BCUT2D eigenvalue weighted by molar-refractivity contribution is 0.0920. The van der Waals surface area contributed by atoms with Crippen molar-refractivity contribution in [1.82, 2.24) is 10.6 Å². The van der Waals surface area contributed by atoms with E-state index in [9.17, 15) is 4.79 Å². The molecule has 3 nitrogen and oxygen atoms in total. The van der Waals surface area contributed by atoms with Crippen LogP contribution in [0.25, 0.3) is 0 Å². The van der Waals surface area contributed by atoms with E-state index in [1.807, 2.05) is 24.3 Å². The molecule has 0 saturated carbocycles. The molecular weight excluding hydrogens is 363 g/mol. The summed E-state index contributed by atoms with van der Waals surface area (Å²) in [5.41, 5.74) is 0.739. The van der Waals surface area contributed by atoms with Crippen molar-refractivity contribution in [2.75, 3.05) is 6.54 Å². The van der Waals surface area contributed by atoms with Crippen LogP contribution in [0.15, 0.2) is 24.3 Å². The first-order valence-electron chi connectivity index (χ1n) is 5.96. The summed E-state index contributed by atoms with van der Waals surface area (Å²) in [4.78, 5) is 12.0. The molecule has 1 saturated heterocycles. The van der Waals surface area contributed by atoms with Crippen LogP contribution in [0.4, 0.5) is 0 Å². The van der Waals surface area contributed by atoms with Gasteiger partial charge in [0.05, 0.1) is 0 Å². The number of rotatable bonds is 2. The van der Waals surface area contributed by atoms with Gasteiger partial charge in [-0.1, -0.05) is 0 Å². The number of carbonyl (C=O) groups excluding carboxylic acids is 1. The lowest BCUT2D eigenvalue weighted by atomic mass is 9.99. The Morgan fingerprint density at radius 2 is 2.06 bits per heavy atom. The fourth-order valence-corrected chi connectivity index (χ4v) is 2.45. The molecule has 0 spiro atoms. The number of nitrogens with one attached hydrogen (secondary N) is 2. The summed E-state index contributed by atoms with van der Waals surface area (Å²) in [6.45, 7) is 3.18. The van der Waals surface area contributed by atoms with E-state index in [4.69, 9.17) is 0 Å². The summed E-state index contributed by atoms with van der Waals surface area (Å²) in [5.74, 6) is 0.0296. The van der Waals surface area contributed by atoms with E-state index in [0.29, 0.717) is 6.04 Å². The second-order valence-corrected chi connectivity index (χ2v) is 5.72. The fraction of sp³-hybridized carbons (Fsp3) is 0.462. The van der Waals surface area contributed by atoms with Crippen molar-refractivity contribution in [3.05, 3.63) is 33.4 Å². The van der Waals surface area contributed by atoms with Crippen LogP contribution in [0.5, 0.6) is 0 Å². The molecule has 2 N–H and O–H groups in total. The van der Waals surface area contributed by atoms with Crippen molar-refractivity contribution < 1.29 is 4.79 Å². The van der Waals surface area contributed by atoms with Gasteiger partial charge in [0.25, 0.3) is 5.91 Å². The Morgan fingerprint density at radius 3 is 2.67 bits per heavy atom. The first kappa shape index (κ1) is 15.7. The Kier molecular flexibility index (Phi) is 6.38. The van der Waals surface area contributed by atoms with Crippen LogP contribution in [0, 0.1) is 3.57 Å². The molecule has 18 heavy (non-hydrogen) atoms. The molecule has 100 valence electrons. The van der Waals surface area contributed by atoms with Crippen LogP contribution in [0.2, 0.25) is 0 Å². The van der Waals surface area contributed by atoms with Gasteiger partial charge >= 0.3 is 0 Å². The van der Waals surface area contributed by atoms with Crippen LogP contribution in [-0.4, -0.2) is 24.5 Å². The average molecular weight is 381 g/mol. The normalized spacial score (nSPS) is 23.0. The number of halogens is 2. The van der Waals surface area contributed by atoms with E-state index in [2.05, 4.69) is 40.1 Å². The minimum Gasteiger partial charge on any atom is -0.348 e. The Bertz CT molecular complexity index is 396. The van der Waals surface area contributed by atoms with Gasteiger partial charge in [-0.3, -0.25) is 4.79 Å². The quantitative estimate of drug-likeness (QED) is 0.774. The molecule has 1 heterocycles. The highest BCUT2D eigenvalue weighted by atomic mass is 127. The maximum absolute atomic E-state index is 12.0. The molecule has 1 aliphatic heterocycles. The SMILES string of the molecule is CC1NCCCC1NC(=O)c1ccc(I)cc1.Cl. The van der Waals surface area contributed by atoms with E-state index in [0.717, 1.165) is 28.5 Å². The third-order valence-electron chi connectivity index (χ3n) is 3.18. The average Bonchev–Trinajstić information content (AvgIpc) is 2.33. The number of benzene rings is 1. The van der Waals surface area contributed by atoms with E-state index >= 15 is 0 Å². The lowest BCUT2D eigenvalue weighted by Gasteiger charge is -2.30. The maximum Gasteiger partial charge on any atom is 0.251 e. The van der Waals surface area contributed by atoms with Gasteiger partial charge in [0, 0.05) is 21.2 Å². The summed E-state index contributed by atoms with van der Waals surface area (Å²) in [6, 6.07) is 8.26. The molecule has 0 aliphatic carbocycles. The molecule has 0 aromatic heterocycles. The molecule has 0 bridgehead atoms. The molecule has 1 fully saturated rings. The molecule has 2 unspecified atom stereocenters. The zero-order chi connectivity index (χ0) is 12.3. The van der Waals surface area contributed by atoms with Gasteiger partial charge < -0.3 is 10.6 Å². The summed E-state index contributed by atoms with van der Waals surface area (Å²) in [7, 11) is 0. The van der Waals surface area contributed by atoms with Crippen molar-refractivity contribution in [1.29, 1.82) is 0 Å². The minimum atomic E-state index is 0. The maximum atomic E-state index is 12.0. The minimum absolute atomic E-state index is 0. The summed E-state index contributed by atoms with van der Waals surface area (Å²) >= 11 is 2.24. The van der Waals surface area contributed by atoms with E-state index in [-0.39, 0.29) is 24.4 Å². The zero-order valence-corrected chi connectivity index (χ0v) is 13.3. The third-order valence-corrected chi connectivity index (χ3v) is 3.90. The van der Waals surface area contributed by atoms with Crippen molar-refractivity contribution >= 4 is 40.9 Å². The van der Waals surface area contributed by atoms with Gasteiger partial charge in [-0.15, -0.1) is 12.4 Å². The van der Waals surface area contributed by atoms with Gasteiger partial charge in [-0.2, -0.15) is 0 Å². The highest BCUT2D eigenvalue weighted by molar-refractivity contribution is 14.1. The summed E-state index contributed by atoms with van der Waals surface area (Å²) in [6.07, 6.45) is 2.19. The topological polar surface area (TPSA) is 41.1 Å². The number of amides is 1. The van der Waals surface area contributed by atoms with Crippen LogP contribution in [0.3, 0.4) is 0 Å². The Balaban J connectivity index is 0.00000162. The number of hydrogen-bond donors (Lipinski definition) is 2. The van der Waals surface area contributed by atoms with Crippen molar-refractivity contribution in [3.63, 3.8) is 0 Å². The first-order valence-corrected chi connectivity index (χ1v) is 7.04. The van der Waals surface area contributed by atoms with E-state index in [1.54, 1.807) is 0 Å². The van der Waals surface area contributed by atoms with Gasteiger partial charge in [0.2, 0.25) is 0 Å². The number of hydrogen-bond acceptors (Lipinski definition) is 2. The number of piperidine rings is 1. The first-order chi connectivity index (χ1) is 8.16. The lowest BCUT2D eigenvalue weighted by Crippen LogP contribution is -2.51. The second-order valence-electron chi connectivity index (χ2n) is 4.47. The molecular formula is C13H18ClIN2O. The predicted octanol–water partition coefficient (Wildman–Crippen LogP) is 2.58.